The van der Waals surface area contributed by atoms with Crippen LogP contribution in [0.5, 0.6) is 0 Å². The van der Waals surface area contributed by atoms with Gasteiger partial charge in [-0.3, -0.25) is 24.4 Å². The maximum absolute atomic E-state index is 16.6. The lowest BCUT2D eigenvalue weighted by molar-refractivity contribution is -0.317. The fourth-order valence-electron chi connectivity index (χ4n) is 18.8. The van der Waals surface area contributed by atoms with Gasteiger partial charge < -0.3 is 256 Å². The lowest BCUT2D eigenvalue weighted by Crippen LogP contribution is -2.67. The number of nitrogens with one attached hydrogen (secondary N) is 3. The second-order valence-corrected chi connectivity index (χ2v) is 37.6. The summed E-state index contributed by atoms with van der Waals surface area (Å²) in [7, 11) is 0. The van der Waals surface area contributed by atoms with Crippen LogP contribution in [0.2, 0.25) is 0 Å². The highest BCUT2D eigenvalue weighted by molar-refractivity contribution is 5.84. The molecule has 7 saturated heterocycles. The number of halogens is 3. The molecule has 19 unspecified atom stereocenters. The van der Waals surface area contributed by atoms with Crippen molar-refractivity contribution < 1.29 is 176 Å². The van der Waals surface area contributed by atoms with Crippen molar-refractivity contribution in [3.05, 3.63) is 0 Å². The maximum Gasteiger partial charge on any atom is 0.189 e. The lowest BCUT2D eigenvalue weighted by atomic mass is 9.77. The van der Waals surface area contributed by atoms with Crippen molar-refractivity contribution in [2.24, 2.45) is 124 Å². The standard InChI is InChI=1S/C29H54FN7O11.C28H55FN8O10.C26H50FN7O12/c30-21-25(47-28-24(43)22(23(42)20(11-38)46-28)37-29(35)36-10-13-2-1-5-44-13)12(7-17(40)16(39)3-4-31)6-14(33)26(21)48-27-15(34)8-18(41)19(9-32)45-27;1-11(32)3-5-36-28(35)37-21-22(42)19(10-38)45-27(23(21)43)46-24-12(7-16(40)15(39)2-4-30)6-13(33)25(20(24)29)47-26-14(34)8-17(41)18(9-31)44-26;27-15-22(45-25-21(42)17(34-26(31)32)18(39)14(8-36)44-25)9(6-12(38)11(37)1-2-28)5-10(29)23(15)46-24-16(30)20(41)19(40)13(43-24)7-33-3-4-35/h12-16,18-28,38-39,41-43H,1-11,31-34H2,(H3,35,36,37);11-15,17-27,38-39,41-43H,2-10,30-34H2,1H3,(H3,35,36,37);9-11,13-25,33,35-37,39-42H,1-8,28-30H2,(H4,31,32,34)/t12-,13?,14?,15?,16-,18-,19?,20+,21+,22?,23+,24+,25?,26+,27+,28?;11-,12+,13?,14?,15+,17+,18?,19-,20-,21?,22-,23-,24?,25-,26-,27?;9-,10?,11-,13?,14+,15+,16?,17?,18+,19+,20+,21+,22?,23+,24+,25?/m010/s1. The fourth-order valence-corrected chi connectivity index (χ4v) is 18.8. The summed E-state index contributed by atoms with van der Waals surface area (Å²) in [5, 5.41) is 185. The molecule has 0 aromatic carbocycles. The van der Waals surface area contributed by atoms with Crippen molar-refractivity contribution >= 4 is 35.2 Å². The Morgan fingerprint density at radius 1 is 0.440 bits per heavy atom. The van der Waals surface area contributed by atoms with Gasteiger partial charge in [0.25, 0.3) is 0 Å². The number of nitrogens with two attached hydrogens (primary N) is 16. The molecule has 0 aromatic heterocycles. The van der Waals surface area contributed by atoms with Gasteiger partial charge in [0.2, 0.25) is 0 Å². The molecule has 0 amide bonds. The minimum Gasteiger partial charge on any atom is -0.395 e. The zero-order valence-corrected chi connectivity index (χ0v) is 78.9. The summed E-state index contributed by atoms with van der Waals surface area (Å²) in [5.74, 6) is -5.53. The Bertz CT molecular complexity index is 3780. The summed E-state index contributed by atoms with van der Waals surface area (Å²) in [4.78, 5) is 50.8. The van der Waals surface area contributed by atoms with Gasteiger partial charge in [0, 0.05) is 82.8 Å². The summed E-state index contributed by atoms with van der Waals surface area (Å²) in [6.45, 7) is 0.700. The van der Waals surface area contributed by atoms with Crippen molar-refractivity contribution in [1.82, 2.24) is 16.0 Å². The van der Waals surface area contributed by atoms with E-state index in [4.69, 9.17) is 158 Å². The number of rotatable bonds is 44. The van der Waals surface area contributed by atoms with Crippen molar-refractivity contribution in [2.75, 3.05) is 91.9 Å². The van der Waals surface area contributed by atoms with Crippen LogP contribution in [0.15, 0.2) is 15.0 Å². The van der Waals surface area contributed by atoms with E-state index < -0.39 is 331 Å². The number of ether oxygens (including phenoxy) is 13. The molecule has 0 aromatic rings. The summed E-state index contributed by atoms with van der Waals surface area (Å²) >= 11 is 0. The van der Waals surface area contributed by atoms with Gasteiger partial charge >= 0.3 is 0 Å². The molecule has 0 bridgehead atoms. The Morgan fingerprint density at radius 3 is 1.17 bits per heavy atom. The Morgan fingerprint density at radius 2 is 0.809 bits per heavy atom. The number of aliphatic imine (C=N–C) groups is 3. The molecule has 141 heavy (non-hydrogen) atoms. The lowest BCUT2D eigenvalue weighted by Gasteiger charge is -2.48. The van der Waals surface area contributed by atoms with Gasteiger partial charge in [0.15, 0.2) is 91.5 Å². The molecule has 3 saturated carbocycles. The SMILES string of the molecule is C[C@@H](N)CCN=C(N)NC1[C@@H](O)C(OC2[C@H](CC(=O)[C@@H](O)CCN)CC(N)[C@@H](O[C@H]3OC(CN)[C@@H](O)CC3N)[C@@H]2F)O[C@H](CO)[C@H]1O.NCC[C@H](O)C(=O)C[C@@H]1CC(N)[C@@H](O[C@H]2OC(CN)[C@@H](O)CC2N)[C@H](F)C1OC1O[C@H](CO)[C@@H](O)C(NC(N)=NCC2CCCO2)[C@H]1O.NCC[C@H](O)C(=O)C[C@@H]1CC(N)[C@@H](O[C@H]2OC(CNCCO)[C@@H](O)[C@H](O)C2N)[C@H](F)C1OC1O[C@H](CO)[C@@H](O)C(N=C(N)N)[C@H]1O. The first-order chi connectivity index (χ1) is 66.8. The van der Waals surface area contributed by atoms with E-state index in [-0.39, 0.29) is 154 Å². The van der Waals surface area contributed by atoms with Crippen molar-refractivity contribution in [3.8, 4) is 0 Å². The number of guanidine groups is 3. The Labute approximate surface area is 812 Å². The molecule has 52 N–H and O–H groups in total. The molecule has 58 heteroatoms. The van der Waals surface area contributed by atoms with Crippen molar-refractivity contribution in [1.29, 1.82) is 0 Å². The van der Waals surface area contributed by atoms with Crippen molar-refractivity contribution in [3.63, 3.8) is 0 Å². The average Bonchev–Trinajstić information content (AvgIpc) is 0.903. The van der Waals surface area contributed by atoms with Crippen LogP contribution >= 0.6 is 0 Å². The zero-order chi connectivity index (χ0) is 104. The van der Waals surface area contributed by atoms with Gasteiger partial charge in [0.05, 0.1) is 112 Å². The number of hydrogen-bond acceptors (Lipinski definition) is 49. The summed E-state index contributed by atoms with van der Waals surface area (Å²) < 4.78 is 125. The number of carbonyl (C=O) groups excluding carboxylic acids is 3. The van der Waals surface area contributed by atoms with Gasteiger partial charge in [-0.25, -0.2) is 18.2 Å². The van der Waals surface area contributed by atoms with Crippen LogP contribution in [0.4, 0.5) is 13.2 Å². The molecule has 7 aliphatic heterocycles. The minimum atomic E-state index is -2.17. The second-order valence-electron chi connectivity index (χ2n) is 37.6. The predicted octanol–water partition coefficient (Wildman–Crippen LogP) is -18.4. The van der Waals surface area contributed by atoms with Crippen LogP contribution in [0.3, 0.4) is 0 Å². The van der Waals surface area contributed by atoms with E-state index in [1.54, 1.807) is 6.92 Å². The third kappa shape index (κ3) is 32.9. The molecule has 7 heterocycles. The molecule has 10 fully saturated rings. The Balaban J connectivity index is 0.000000259. The Kier molecular flexibility index (Phi) is 50.0. The normalized spacial score (nSPS) is 42.3. The van der Waals surface area contributed by atoms with E-state index in [0.717, 1.165) is 12.8 Å². The van der Waals surface area contributed by atoms with Gasteiger partial charge in [-0.15, -0.1) is 0 Å². The molecule has 55 nitrogen and oxygen atoms in total. The average molecular weight is 2050 g/mol. The van der Waals surface area contributed by atoms with Crippen LogP contribution < -0.4 is 108 Å². The molecule has 10 aliphatic rings. The largest absolute Gasteiger partial charge is 0.395 e. The smallest absolute Gasteiger partial charge is 0.189 e. The summed E-state index contributed by atoms with van der Waals surface area (Å²) in [6.07, 6.45) is -48.7. The van der Waals surface area contributed by atoms with Crippen LogP contribution in [0.25, 0.3) is 0 Å². The van der Waals surface area contributed by atoms with Gasteiger partial charge in [-0.2, -0.15) is 0 Å². The zero-order valence-electron chi connectivity index (χ0n) is 78.9. The van der Waals surface area contributed by atoms with Gasteiger partial charge in [-0.05, 0) is 115 Å². The van der Waals surface area contributed by atoms with Crippen LogP contribution in [0.1, 0.15) is 96.8 Å². The van der Waals surface area contributed by atoms with E-state index in [1.807, 2.05) is 0 Å². The first-order valence-corrected chi connectivity index (χ1v) is 47.8. The quantitative estimate of drug-likeness (QED) is 0.0153. The Hall–Kier alpha value is -5.11. The van der Waals surface area contributed by atoms with Crippen LogP contribution in [0, 0.1) is 17.8 Å². The molecule has 820 valence electrons. The third-order valence-electron chi connectivity index (χ3n) is 26.8. The summed E-state index contributed by atoms with van der Waals surface area (Å²) in [6, 6.07) is -10.3. The molecular formula is C83H159F3N22O33. The molecule has 3 aliphatic carbocycles. The van der Waals surface area contributed by atoms with E-state index in [0.29, 0.717) is 13.0 Å². The maximum atomic E-state index is 16.6. The van der Waals surface area contributed by atoms with E-state index >= 15 is 13.2 Å². The topological polar surface area (TPSA) is 1000 Å². The first-order valence-electron chi connectivity index (χ1n) is 47.8. The fraction of sp³-hybridized carbons (Fsp3) is 0.928. The van der Waals surface area contributed by atoms with E-state index in [9.17, 15) is 96.1 Å². The number of nitrogens with zero attached hydrogens (tertiary/aromatic N) is 3. The van der Waals surface area contributed by atoms with Crippen molar-refractivity contribution in [2.45, 2.75) is 372 Å². The van der Waals surface area contributed by atoms with Gasteiger partial charge in [0.1, 0.15) is 116 Å². The molecular weight excluding hydrogens is 1890 g/mol. The highest BCUT2D eigenvalue weighted by Crippen LogP contribution is 2.43. The number of hydrogen-bond donors (Lipinski definition) is 36. The molecule has 0 radical (unpaired) electrons. The number of Topliss-reactive ketones (excluding diaryl/α,β-unsaturated/α-hetero) is 3. The van der Waals surface area contributed by atoms with E-state index in [1.165, 1.54) is 0 Å². The molecule has 48 atom stereocenters. The predicted molar refractivity (Wildman–Crippen MR) is 488 cm³/mol. The number of aliphatic hydroxyl groups excluding tert-OH is 17. The molecule has 0 spiro atoms. The molecule has 10 rings (SSSR count). The number of aliphatic hydroxyl groups is 17. The number of alkyl halides is 3. The number of ketones is 3. The van der Waals surface area contributed by atoms with Crippen LogP contribution in [-0.4, -0.2) is 489 Å². The highest BCUT2D eigenvalue weighted by atomic mass is 19.1. The summed E-state index contributed by atoms with van der Waals surface area (Å²) in [5.41, 5.74) is 93.9. The first kappa shape index (κ1) is 121. The van der Waals surface area contributed by atoms with Gasteiger partial charge in [-0.1, -0.05) is 0 Å². The second kappa shape index (κ2) is 58.2. The third-order valence-corrected chi connectivity index (χ3v) is 26.8. The van der Waals surface area contributed by atoms with Crippen LogP contribution in [-0.2, 0) is 76.0 Å². The minimum absolute atomic E-state index is 0.0104. The van der Waals surface area contributed by atoms with E-state index in [2.05, 4.69) is 30.9 Å². The monoisotopic (exact) mass is 2050 g/mol. The number of carbonyl (C=O) groups is 3. The highest BCUT2D eigenvalue weighted by Gasteiger charge is 2.59.